The third-order valence-electron chi connectivity index (χ3n) is 2.73. The van der Waals surface area contributed by atoms with Crippen molar-refractivity contribution in [2.24, 2.45) is 0 Å². The lowest BCUT2D eigenvalue weighted by atomic mass is 10.2. The Morgan fingerprint density at radius 3 is 2.71 bits per heavy atom. The Balaban J connectivity index is 2.90. The maximum Gasteiger partial charge on any atom is 0.121 e. The van der Waals surface area contributed by atoms with Crippen LogP contribution in [0.15, 0.2) is 18.2 Å². The summed E-state index contributed by atoms with van der Waals surface area (Å²) in [6.07, 6.45) is 2.20. The minimum Gasteiger partial charge on any atom is -0.497 e. The number of unbranched alkanes of at least 4 members (excludes halogenated alkanes) is 1. The fourth-order valence-electron chi connectivity index (χ4n) is 1.75. The molecule has 0 radical (unpaired) electrons. The molecule has 4 heteroatoms. The van der Waals surface area contributed by atoms with Gasteiger partial charge in [-0.05, 0) is 18.6 Å². The summed E-state index contributed by atoms with van der Waals surface area (Å²) < 4.78 is 5.20. The lowest BCUT2D eigenvalue weighted by molar-refractivity contribution is 0.301. The van der Waals surface area contributed by atoms with Crippen molar-refractivity contribution in [2.45, 2.75) is 19.8 Å². The number of aliphatic hydroxyl groups excluding tert-OH is 1. The van der Waals surface area contributed by atoms with E-state index in [9.17, 15) is 0 Å². The summed E-state index contributed by atoms with van der Waals surface area (Å²) in [7, 11) is 1.64. The van der Waals surface area contributed by atoms with Crippen molar-refractivity contribution in [1.29, 1.82) is 0 Å². The van der Waals surface area contributed by atoms with Gasteiger partial charge in [-0.15, -0.1) is 0 Å². The van der Waals surface area contributed by atoms with Gasteiger partial charge in [0.15, 0.2) is 0 Å². The van der Waals surface area contributed by atoms with E-state index in [4.69, 9.17) is 15.6 Å². The molecular weight excluding hydrogens is 216 g/mol. The molecule has 1 rings (SSSR count). The van der Waals surface area contributed by atoms with Crippen molar-refractivity contribution >= 4 is 11.4 Å². The molecule has 0 spiro atoms. The Labute approximate surface area is 103 Å². The first-order valence-corrected chi connectivity index (χ1v) is 6.02. The largest absolute Gasteiger partial charge is 0.497 e. The third kappa shape index (κ3) is 3.82. The predicted octanol–water partition coefficient (Wildman–Crippen LogP) is 1.88. The Kier molecular flexibility index (Phi) is 5.63. The first-order valence-electron chi connectivity index (χ1n) is 6.02. The number of nitrogens with zero attached hydrogens (tertiary/aromatic N) is 1. The van der Waals surface area contributed by atoms with Gasteiger partial charge in [0.2, 0.25) is 0 Å². The van der Waals surface area contributed by atoms with Gasteiger partial charge in [-0.2, -0.15) is 0 Å². The fourth-order valence-corrected chi connectivity index (χ4v) is 1.75. The van der Waals surface area contributed by atoms with Gasteiger partial charge in [0.1, 0.15) is 5.75 Å². The number of hydrogen-bond acceptors (Lipinski definition) is 4. The van der Waals surface area contributed by atoms with E-state index < -0.39 is 0 Å². The monoisotopic (exact) mass is 238 g/mol. The summed E-state index contributed by atoms with van der Waals surface area (Å²) in [6, 6.07) is 5.60. The Morgan fingerprint density at radius 1 is 1.35 bits per heavy atom. The number of benzene rings is 1. The minimum atomic E-state index is 0.125. The standard InChI is InChI=1S/C13H22N2O2/c1-3-4-7-15(8-9-16)13-10-11(17-2)5-6-12(13)14/h5-6,10,16H,3-4,7-9,14H2,1-2H3. The molecule has 4 nitrogen and oxygen atoms in total. The van der Waals surface area contributed by atoms with E-state index in [1.54, 1.807) is 7.11 Å². The molecule has 0 aromatic heterocycles. The molecule has 0 saturated carbocycles. The second kappa shape index (κ2) is 7.01. The minimum absolute atomic E-state index is 0.125. The van der Waals surface area contributed by atoms with Crippen LogP contribution in [0.1, 0.15) is 19.8 Å². The lowest BCUT2D eigenvalue weighted by Crippen LogP contribution is -2.28. The van der Waals surface area contributed by atoms with Crippen molar-refractivity contribution in [3.63, 3.8) is 0 Å². The molecular formula is C13H22N2O2. The number of rotatable bonds is 7. The molecule has 96 valence electrons. The molecule has 17 heavy (non-hydrogen) atoms. The number of aliphatic hydroxyl groups is 1. The molecule has 0 amide bonds. The molecule has 0 unspecified atom stereocenters. The van der Waals surface area contributed by atoms with Crippen molar-refractivity contribution in [2.75, 3.05) is 37.4 Å². The predicted molar refractivity (Wildman–Crippen MR) is 71.6 cm³/mol. The molecule has 0 aliphatic carbocycles. The zero-order chi connectivity index (χ0) is 12.7. The van der Waals surface area contributed by atoms with E-state index in [0.717, 1.165) is 36.5 Å². The van der Waals surface area contributed by atoms with Crippen LogP contribution < -0.4 is 15.4 Å². The first-order chi connectivity index (χ1) is 8.22. The highest BCUT2D eigenvalue weighted by Crippen LogP contribution is 2.28. The second-order valence-electron chi connectivity index (χ2n) is 3.99. The number of nitrogen functional groups attached to an aromatic ring is 1. The van der Waals surface area contributed by atoms with Crippen molar-refractivity contribution < 1.29 is 9.84 Å². The summed E-state index contributed by atoms with van der Waals surface area (Å²) in [5.74, 6) is 0.786. The van der Waals surface area contributed by atoms with E-state index in [2.05, 4.69) is 11.8 Å². The summed E-state index contributed by atoms with van der Waals surface area (Å²) in [5.41, 5.74) is 7.62. The summed E-state index contributed by atoms with van der Waals surface area (Å²) in [6.45, 7) is 3.76. The highest BCUT2D eigenvalue weighted by molar-refractivity contribution is 5.69. The van der Waals surface area contributed by atoms with E-state index in [-0.39, 0.29) is 6.61 Å². The molecule has 1 aromatic carbocycles. The first kappa shape index (κ1) is 13.6. The van der Waals surface area contributed by atoms with E-state index in [0.29, 0.717) is 6.54 Å². The zero-order valence-electron chi connectivity index (χ0n) is 10.6. The number of methoxy groups -OCH3 is 1. The van der Waals surface area contributed by atoms with Crippen LogP contribution in [-0.2, 0) is 0 Å². The summed E-state index contributed by atoms with van der Waals surface area (Å²) in [5, 5.41) is 9.10. The maximum atomic E-state index is 9.10. The van der Waals surface area contributed by atoms with E-state index >= 15 is 0 Å². The summed E-state index contributed by atoms with van der Waals surface area (Å²) >= 11 is 0. The van der Waals surface area contributed by atoms with Gasteiger partial charge in [0.25, 0.3) is 0 Å². The quantitative estimate of drug-likeness (QED) is 0.712. The van der Waals surface area contributed by atoms with E-state index in [1.165, 1.54) is 0 Å². The Hall–Kier alpha value is -1.42. The molecule has 0 saturated heterocycles. The average molecular weight is 238 g/mol. The number of hydrogen-bond donors (Lipinski definition) is 2. The topological polar surface area (TPSA) is 58.7 Å². The SMILES string of the molecule is CCCCN(CCO)c1cc(OC)ccc1N. The fraction of sp³-hybridized carbons (Fsp3) is 0.538. The molecule has 0 heterocycles. The van der Waals surface area contributed by atoms with Gasteiger partial charge < -0.3 is 20.5 Å². The van der Waals surface area contributed by atoms with Crippen LogP contribution in [0.5, 0.6) is 5.75 Å². The molecule has 3 N–H and O–H groups in total. The van der Waals surface area contributed by atoms with Crippen LogP contribution in [0, 0.1) is 0 Å². The molecule has 1 aromatic rings. The summed E-state index contributed by atoms with van der Waals surface area (Å²) in [4.78, 5) is 2.10. The Morgan fingerprint density at radius 2 is 2.12 bits per heavy atom. The van der Waals surface area contributed by atoms with Crippen LogP contribution in [0.2, 0.25) is 0 Å². The number of ether oxygens (including phenoxy) is 1. The van der Waals surface area contributed by atoms with Gasteiger partial charge >= 0.3 is 0 Å². The van der Waals surface area contributed by atoms with Gasteiger partial charge in [0.05, 0.1) is 25.1 Å². The smallest absolute Gasteiger partial charge is 0.121 e. The van der Waals surface area contributed by atoms with Gasteiger partial charge in [-0.1, -0.05) is 13.3 Å². The third-order valence-corrected chi connectivity index (χ3v) is 2.73. The van der Waals surface area contributed by atoms with Crippen LogP contribution >= 0.6 is 0 Å². The number of nitrogens with two attached hydrogens (primary N) is 1. The van der Waals surface area contributed by atoms with Crippen LogP contribution in [0.25, 0.3) is 0 Å². The van der Waals surface area contributed by atoms with Crippen LogP contribution in [-0.4, -0.2) is 31.9 Å². The van der Waals surface area contributed by atoms with Gasteiger partial charge in [-0.3, -0.25) is 0 Å². The number of anilines is 2. The maximum absolute atomic E-state index is 9.10. The zero-order valence-corrected chi connectivity index (χ0v) is 10.6. The Bertz CT molecular complexity index is 342. The molecule has 0 fully saturated rings. The average Bonchev–Trinajstić information content (AvgIpc) is 2.35. The molecule has 0 aliphatic rings. The lowest BCUT2D eigenvalue weighted by Gasteiger charge is -2.25. The van der Waals surface area contributed by atoms with Gasteiger partial charge in [-0.25, -0.2) is 0 Å². The highest BCUT2D eigenvalue weighted by atomic mass is 16.5. The van der Waals surface area contributed by atoms with E-state index in [1.807, 2.05) is 18.2 Å². The van der Waals surface area contributed by atoms with Crippen molar-refractivity contribution in [1.82, 2.24) is 0 Å². The highest BCUT2D eigenvalue weighted by Gasteiger charge is 2.10. The van der Waals surface area contributed by atoms with Crippen LogP contribution in [0.3, 0.4) is 0 Å². The van der Waals surface area contributed by atoms with Gasteiger partial charge in [0, 0.05) is 19.2 Å². The van der Waals surface area contributed by atoms with Crippen molar-refractivity contribution in [3.05, 3.63) is 18.2 Å². The van der Waals surface area contributed by atoms with Crippen molar-refractivity contribution in [3.8, 4) is 5.75 Å². The van der Waals surface area contributed by atoms with Crippen LogP contribution in [0.4, 0.5) is 11.4 Å². The molecule has 0 atom stereocenters. The second-order valence-corrected chi connectivity index (χ2v) is 3.99. The molecule has 0 bridgehead atoms. The molecule has 0 aliphatic heterocycles. The normalized spacial score (nSPS) is 10.3.